The third-order valence-corrected chi connectivity index (χ3v) is 3.64. The van der Waals surface area contributed by atoms with Crippen molar-refractivity contribution in [2.24, 2.45) is 5.73 Å². The van der Waals surface area contributed by atoms with Crippen LogP contribution in [0.5, 0.6) is 0 Å². The smallest absolute Gasteiger partial charge is 0.139 e. The summed E-state index contributed by atoms with van der Waals surface area (Å²) in [5.41, 5.74) is 8.78. The second-order valence-corrected chi connectivity index (χ2v) is 5.60. The van der Waals surface area contributed by atoms with Crippen molar-refractivity contribution in [1.29, 1.82) is 0 Å². The Morgan fingerprint density at radius 2 is 2.32 bits per heavy atom. The molecule has 1 aliphatic rings. The van der Waals surface area contributed by atoms with Crippen molar-refractivity contribution in [3.05, 3.63) is 22.9 Å². The molecule has 1 unspecified atom stereocenters. The minimum atomic E-state index is 0.284. The van der Waals surface area contributed by atoms with E-state index in [2.05, 4.69) is 9.88 Å². The highest BCUT2D eigenvalue weighted by Gasteiger charge is 2.21. The van der Waals surface area contributed by atoms with E-state index < -0.39 is 0 Å². The Labute approximate surface area is 120 Å². The molecular weight excluding hydrogens is 258 g/mol. The summed E-state index contributed by atoms with van der Waals surface area (Å²) in [7, 11) is 2.02. The van der Waals surface area contributed by atoms with E-state index in [0.717, 1.165) is 48.6 Å². The number of rotatable bonds is 4. The van der Waals surface area contributed by atoms with Crippen LogP contribution in [0.2, 0.25) is 0 Å². The number of likely N-dealkylation sites (N-methyl/N-ethyl adjacent to an activating group) is 1. The molecule has 0 radical (unpaired) electrons. The molecule has 0 bridgehead atoms. The Bertz CT molecular complexity index is 484. The lowest BCUT2D eigenvalue weighted by Crippen LogP contribution is -2.31. The van der Waals surface area contributed by atoms with Crippen LogP contribution in [-0.2, 0) is 4.74 Å². The molecule has 104 valence electrons. The third-order valence-electron chi connectivity index (χ3n) is 3.44. The predicted molar refractivity (Wildman–Crippen MR) is 81.8 cm³/mol. The van der Waals surface area contributed by atoms with Crippen LogP contribution < -0.4 is 10.6 Å². The average molecular weight is 279 g/mol. The molecule has 0 aliphatic carbocycles. The molecule has 2 N–H and O–H groups in total. The normalized spacial score (nSPS) is 18.6. The monoisotopic (exact) mass is 279 g/mol. The van der Waals surface area contributed by atoms with Crippen molar-refractivity contribution in [3.63, 3.8) is 0 Å². The van der Waals surface area contributed by atoms with Crippen LogP contribution in [0.15, 0.2) is 6.07 Å². The minimum Gasteiger partial charge on any atom is -0.389 e. The van der Waals surface area contributed by atoms with Gasteiger partial charge in [0.15, 0.2) is 0 Å². The second kappa shape index (κ2) is 5.84. The number of hydrogen-bond acceptors (Lipinski definition) is 4. The van der Waals surface area contributed by atoms with Gasteiger partial charge in [-0.15, -0.1) is 0 Å². The van der Waals surface area contributed by atoms with Crippen LogP contribution in [0.4, 0.5) is 5.82 Å². The van der Waals surface area contributed by atoms with Crippen molar-refractivity contribution in [1.82, 2.24) is 4.98 Å². The van der Waals surface area contributed by atoms with Gasteiger partial charge in [0, 0.05) is 25.9 Å². The zero-order valence-electron chi connectivity index (χ0n) is 11.8. The number of aryl methyl sites for hydroxylation is 2. The van der Waals surface area contributed by atoms with E-state index in [9.17, 15) is 0 Å². The molecule has 1 saturated heterocycles. The molecular formula is C14H21N3OS. The molecule has 1 atom stereocenters. The Morgan fingerprint density at radius 3 is 2.89 bits per heavy atom. The summed E-state index contributed by atoms with van der Waals surface area (Å²) in [5.74, 6) is 0.862. The number of hydrogen-bond donors (Lipinski definition) is 1. The molecule has 1 fully saturated rings. The SMILES string of the molecule is Cc1cc(C)c(C(N)=S)c(N(C)CC2CCCO2)n1. The first-order chi connectivity index (χ1) is 8.99. The summed E-state index contributed by atoms with van der Waals surface area (Å²) < 4.78 is 5.67. The van der Waals surface area contributed by atoms with Crippen LogP contribution in [0.3, 0.4) is 0 Å². The molecule has 0 saturated carbocycles. The van der Waals surface area contributed by atoms with E-state index in [1.165, 1.54) is 0 Å². The molecule has 0 aromatic carbocycles. The number of nitrogens with zero attached hydrogens (tertiary/aromatic N) is 2. The molecule has 19 heavy (non-hydrogen) atoms. The van der Waals surface area contributed by atoms with Crippen LogP contribution in [-0.4, -0.2) is 36.3 Å². The zero-order valence-corrected chi connectivity index (χ0v) is 12.6. The maximum Gasteiger partial charge on any atom is 0.139 e. The summed E-state index contributed by atoms with van der Waals surface area (Å²) in [4.78, 5) is 7.10. The molecule has 2 rings (SSSR count). The maximum absolute atomic E-state index is 5.84. The predicted octanol–water partition coefficient (Wildman–Crippen LogP) is 1.95. The molecule has 4 nitrogen and oxygen atoms in total. The molecule has 1 aliphatic heterocycles. The van der Waals surface area contributed by atoms with Gasteiger partial charge in [-0.05, 0) is 38.3 Å². The van der Waals surface area contributed by atoms with Gasteiger partial charge < -0.3 is 15.4 Å². The number of nitrogens with two attached hydrogens (primary N) is 1. The average Bonchev–Trinajstić information content (AvgIpc) is 2.79. The van der Waals surface area contributed by atoms with E-state index in [0.29, 0.717) is 4.99 Å². The van der Waals surface area contributed by atoms with Crippen LogP contribution in [0.1, 0.15) is 29.7 Å². The van der Waals surface area contributed by atoms with Gasteiger partial charge in [0.2, 0.25) is 0 Å². The van der Waals surface area contributed by atoms with Gasteiger partial charge in [-0.2, -0.15) is 0 Å². The lowest BCUT2D eigenvalue weighted by Gasteiger charge is -2.25. The minimum absolute atomic E-state index is 0.284. The first-order valence-electron chi connectivity index (χ1n) is 6.60. The second-order valence-electron chi connectivity index (χ2n) is 5.16. The largest absolute Gasteiger partial charge is 0.389 e. The van der Waals surface area contributed by atoms with Crippen LogP contribution in [0, 0.1) is 13.8 Å². The summed E-state index contributed by atoms with van der Waals surface area (Å²) in [6, 6.07) is 2.01. The summed E-state index contributed by atoms with van der Waals surface area (Å²) >= 11 is 5.16. The van der Waals surface area contributed by atoms with E-state index in [4.69, 9.17) is 22.7 Å². The third kappa shape index (κ3) is 3.22. The lowest BCUT2D eigenvalue weighted by atomic mass is 10.1. The van der Waals surface area contributed by atoms with Crippen LogP contribution >= 0.6 is 12.2 Å². The lowest BCUT2D eigenvalue weighted by molar-refractivity contribution is 0.116. The van der Waals surface area contributed by atoms with Gasteiger partial charge in [-0.1, -0.05) is 12.2 Å². The fourth-order valence-corrected chi connectivity index (χ4v) is 2.83. The molecule has 2 heterocycles. The van der Waals surface area contributed by atoms with Crippen molar-refractivity contribution >= 4 is 23.0 Å². The Balaban J connectivity index is 2.28. The standard InChI is InChI=1S/C14H21N3OS/c1-9-7-10(2)16-14(12(9)13(15)19)17(3)8-11-5-4-6-18-11/h7,11H,4-6,8H2,1-3H3,(H2,15,19). The maximum atomic E-state index is 5.84. The highest BCUT2D eigenvalue weighted by atomic mass is 32.1. The highest BCUT2D eigenvalue weighted by molar-refractivity contribution is 7.80. The number of ether oxygens (including phenoxy) is 1. The summed E-state index contributed by atoms with van der Waals surface area (Å²) in [6.07, 6.45) is 2.53. The van der Waals surface area contributed by atoms with Crippen molar-refractivity contribution in [2.75, 3.05) is 25.1 Å². The fraction of sp³-hybridized carbons (Fsp3) is 0.571. The summed E-state index contributed by atoms with van der Waals surface area (Å²) in [6.45, 7) is 5.69. The number of anilines is 1. The molecule has 5 heteroatoms. The Hall–Kier alpha value is -1.20. The van der Waals surface area contributed by atoms with Gasteiger partial charge >= 0.3 is 0 Å². The molecule has 1 aromatic heterocycles. The van der Waals surface area contributed by atoms with E-state index in [-0.39, 0.29) is 6.10 Å². The van der Waals surface area contributed by atoms with Crippen molar-refractivity contribution < 1.29 is 4.74 Å². The van der Waals surface area contributed by atoms with Crippen LogP contribution in [0.25, 0.3) is 0 Å². The Kier molecular flexibility index (Phi) is 4.37. The number of pyridine rings is 1. The topological polar surface area (TPSA) is 51.4 Å². The van der Waals surface area contributed by atoms with Gasteiger partial charge in [0.1, 0.15) is 10.8 Å². The quantitative estimate of drug-likeness (QED) is 0.854. The van der Waals surface area contributed by atoms with Gasteiger partial charge in [0.05, 0.1) is 11.7 Å². The van der Waals surface area contributed by atoms with Gasteiger partial charge in [-0.3, -0.25) is 0 Å². The van der Waals surface area contributed by atoms with Crippen molar-refractivity contribution in [2.45, 2.75) is 32.8 Å². The molecule has 0 spiro atoms. The molecule has 1 aromatic rings. The first-order valence-corrected chi connectivity index (χ1v) is 7.00. The van der Waals surface area contributed by atoms with E-state index >= 15 is 0 Å². The van der Waals surface area contributed by atoms with Gasteiger partial charge in [0.25, 0.3) is 0 Å². The number of aromatic nitrogens is 1. The molecule has 0 amide bonds. The van der Waals surface area contributed by atoms with Gasteiger partial charge in [-0.25, -0.2) is 4.98 Å². The van der Waals surface area contributed by atoms with Crippen molar-refractivity contribution in [3.8, 4) is 0 Å². The Morgan fingerprint density at radius 1 is 1.58 bits per heavy atom. The fourth-order valence-electron chi connectivity index (χ4n) is 2.58. The first kappa shape index (κ1) is 14.2. The van der Waals surface area contributed by atoms with E-state index in [1.54, 1.807) is 0 Å². The zero-order chi connectivity index (χ0) is 14.0. The van der Waals surface area contributed by atoms with E-state index in [1.807, 2.05) is 27.0 Å². The summed E-state index contributed by atoms with van der Waals surface area (Å²) in [5, 5.41) is 0. The highest BCUT2D eigenvalue weighted by Crippen LogP contribution is 2.23. The number of thiocarbonyl (C=S) groups is 1.